The van der Waals surface area contributed by atoms with Gasteiger partial charge < -0.3 is 5.32 Å². The van der Waals surface area contributed by atoms with Gasteiger partial charge in [0.15, 0.2) is 10.9 Å². The van der Waals surface area contributed by atoms with Gasteiger partial charge in [-0.1, -0.05) is 39.0 Å². The minimum Gasteiger partial charge on any atom is -0.385 e. The first-order valence-electron chi connectivity index (χ1n) is 8.18. The molecule has 0 saturated heterocycles. The first-order valence-corrected chi connectivity index (χ1v) is 9.42. The zero-order valence-electron chi connectivity index (χ0n) is 14.7. The maximum Gasteiger partial charge on any atom is 0.270 e. The number of nitro benzene ring substituents is 1. The monoisotopic (exact) mass is 359 g/mol. The molecule has 0 aliphatic heterocycles. The molecule has 0 radical (unpaired) electrons. The van der Waals surface area contributed by atoms with Gasteiger partial charge in [-0.15, -0.1) is 0 Å². The Morgan fingerprint density at radius 2 is 1.54 bits per heavy atom. The second kappa shape index (κ2) is 12.7. The van der Waals surface area contributed by atoms with Crippen LogP contribution in [0.3, 0.4) is 0 Å². The van der Waals surface area contributed by atoms with Gasteiger partial charge in [-0.05, 0) is 31.4 Å². The van der Waals surface area contributed by atoms with E-state index in [-0.39, 0.29) is 10.6 Å². The van der Waals surface area contributed by atoms with Crippen molar-refractivity contribution < 1.29 is 13.3 Å². The number of hydrogen-bond donors (Lipinski definition) is 3. The van der Waals surface area contributed by atoms with Crippen LogP contribution < -0.4 is 10.5 Å². The molecule has 1 aromatic rings. The van der Waals surface area contributed by atoms with Crippen LogP contribution in [-0.2, 0) is 10.9 Å². The number of benzene rings is 1. The van der Waals surface area contributed by atoms with Crippen LogP contribution in [0.1, 0.15) is 56.6 Å². The van der Waals surface area contributed by atoms with Gasteiger partial charge >= 0.3 is 0 Å². The molecule has 0 aromatic heterocycles. The fourth-order valence-electron chi connectivity index (χ4n) is 2.44. The maximum absolute atomic E-state index is 10.8. The highest BCUT2D eigenvalue weighted by atomic mass is 32.2. The number of aryl methyl sites for hydroxylation is 2. The van der Waals surface area contributed by atoms with E-state index in [0.29, 0.717) is 0 Å². The molecule has 0 amide bonds. The average Bonchev–Trinajstić information content (AvgIpc) is 2.47. The molecule has 24 heavy (non-hydrogen) atoms. The van der Waals surface area contributed by atoms with Crippen molar-refractivity contribution in [1.82, 2.24) is 0 Å². The van der Waals surface area contributed by atoms with Crippen molar-refractivity contribution in [3.63, 3.8) is 0 Å². The predicted molar refractivity (Wildman–Crippen MR) is 98.9 cm³/mol. The van der Waals surface area contributed by atoms with Crippen molar-refractivity contribution in [2.75, 3.05) is 11.9 Å². The van der Waals surface area contributed by atoms with E-state index in [2.05, 4.69) is 17.4 Å². The van der Waals surface area contributed by atoms with Gasteiger partial charge in [-0.3, -0.25) is 10.1 Å². The fourth-order valence-corrected chi connectivity index (χ4v) is 2.44. The number of unbranched alkanes of at least 4 members (excludes halogenated alkanes) is 5. The summed E-state index contributed by atoms with van der Waals surface area (Å²) in [5.41, 5.74) is 3.11. The number of hydrogen-bond acceptors (Lipinski definition) is 5. The third-order valence-electron chi connectivity index (χ3n) is 3.56. The smallest absolute Gasteiger partial charge is 0.270 e. The van der Waals surface area contributed by atoms with Crippen molar-refractivity contribution in [2.45, 2.75) is 59.3 Å². The molecule has 0 unspecified atom stereocenters. The minimum absolute atomic E-state index is 0.171. The number of non-ortho nitro benzene ring substituents is 1. The second-order valence-corrected chi connectivity index (χ2v) is 6.26. The highest BCUT2D eigenvalue weighted by Crippen LogP contribution is 2.26. The number of nitrogens with two attached hydrogens (primary N) is 1. The van der Waals surface area contributed by atoms with Crippen LogP contribution in [0.15, 0.2) is 12.1 Å². The summed E-state index contributed by atoms with van der Waals surface area (Å²) in [6, 6.07) is 3.27. The molecule has 0 atom stereocenters. The molecular formula is C16H29N3O4S. The molecule has 1 rings (SSSR count). The van der Waals surface area contributed by atoms with Gasteiger partial charge in [-0.2, -0.15) is 0 Å². The average molecular weight is 359 g/mol. The first-order chi connectivity index (χ1) is 11.3. The molecule has 1 aromatic carbocycles. The molecule has 7 nitrogen and oxygen atoms in total. The Balaban J connectivity index is 0.00000118. The summed E-state index contributed by atoms with van der Waals surface area (Å²) in [4.78, 5) is 10.5. The normalized spacial score (nSPS) is 10.2. The Morgan fingerprint density at radius 3 is 2.00 bits per heavy atom. The summed E-state index contributed by atoms with van der Waals surface area (Å²) >= 11 is 0. The van der Waals surface area contributed by atoms with Crippen LogP contribution in [0, 0.1) is 24.0 Å². The third kappa shape index (κ3) is 10.2. The number of thiol groups is 1. The fraction of sp³-hybridized carbons (Fsp3) is 0.625. The Morgan fingerprint density at radius 1 is 1.08 bits per heavy atom. The van der Waals surface area contributed by atoms with Crippen LogP contribution in [0.5, 0.6) is 0 Å². The van der Waals surface area contributed by atoms with Crippen LogP contribution in [0.4, 0.5) is 11.4 Å². The van der Waals surface area contributed by atoms with Crippen LogP contribution in [0.2, 0.25) is 0 Å². The SMILES string of the molecule is CCCCCCCCNc1c(C)cc([N+](=O)[O-])cc1C.N[SH](=O)=O. The second-order valence-electron chi connectivity index (χ2n) is 5.69. The minimum atomic E-state index is -2.62. The summed E-state index contributed by atoms with van der Waals surface area (Å²) in [6.45, 7) is 7.00. The molecule has 0 aliphatic rings. The number of anilines is 1. The van der Waals surface area contributed by atoms with Crippen molar-refractivity contribution >= 4 is 22.3 Å². The Kier molecular flexibility index (Phi) is 11.8. The lowest BCUT2D eigenvalue weighted by Crippen LogP contribution is -2.05. The molecule has 0 bridgehead atoms. The summed E-state index contributed by atoms with van der Waals surface area (Å²) < 4.78 is 17.6. The topological polar surface area (TPSA) is 115 Å². The van der Waals surface area contributed by atoms with Crippen LogP contribution in [-0.4, -0.2) is 19.9 Å². The summed E-state index contributed by atoms with van der Waals surface area (Å²) in [6.07, 6.45) is 7.63. The molecule has 0 aliphatic carbocycles. The zero-order chi connectivity index (χ0) is 18.5. The molecule has 3 N–H and O–H groups in total. The number of nitrogens with zero attached hydrogens (tertiary/aromatic N) is 1. The summed E-state index contributed by atoms with van der Waals surface area (Å²) in [5, 5.41) is 18.3. The van der Waals surface area contributed by atoms with Gasteiger partial charge in [0.2, 0.25) is 0 Å². The standard InChI is InChI=1S/C16H26N2O2.H3NO2S/c1-4-5-6-7-8-9-10-17-16-13(2)11-15(18(19)20)12-14(16)3;1-4(2)3/h11-12,17H,4-10H2,1-3H3;4H,(H2,1,2,3). The van der Waals surface area contributed by atoms with Crippen LogP contribution >= 0.6 is 0 Å². The highest BCUT2D eigenvalue weighted by Gasteiger charge is 2.11. The van der Waals surface area contributed by atoms with E-state index in [1.807, 2.05) is 13.8 Å². The van der Waals surface area contributed by atoms with Gasteiger partial charge in [0.05, 0.1) is 4.92 Å². The zero-order valence-corrected chi connectivity index (χ0v) is 15.6. The van der Waals surface area contributed by atoms with Gasteiger partial charge in [0, 0.05) is 24.4 Å². The van der Waals surface area contributed by atoms with E-state index in [1.165, 1.54) is 32.1 Å². The Hall–Kier alpha value is -1.67. The Bertz CT molecular complexity index is 558. The van der Waals surface area contributed by atoms with Crippen LogP contribution in [0.25, 0.3) is 0 Å². The third-order valence-corrected chi connectivity index (χ3v) is 3.56. The number of nitro groups is 1. The van der Waals surface area contributed by atoms with Crippen molar-refractivity contribution in [1.29, 1.82) is 0 Å². The van der Waals surface area contributed by atoms with Crippen molar-refractivity contribution in [3.05, 3.63) is 33.4 Å². The lowest BCUT2D eigenvalue weighted by molar-refractivity contribution is -0.384. The molecule has 138 valence electrons. The lowest BCUT2D eigenvalue weighted by Gasteiger charge is -2.12. The quantitative estimate of drug-likeness (QED) is 0.270. The first kappa shape index (κ1) is 22.3. The molecule has 8 heteroatoms. The van der Waals surface area contributed by atoms with E-state index in [4.69, 9.17) is 8.42 Å². The summed E-state index contributed by atoms with van der Waals surface area (Å²) in [7, 11) is -2.62. The van der Waals surface area contributed by atoms with E-state index < -0.39 is 10.9 Å². The number of rotatable bonds is 9. The molecule has 0 saturated carbocycles. The summed E-state index contributed by atoms with van der Waals surface area (Å²) in [5.74, 6) is 0. The molecule has 0 heterocycles. The van der Waals surface area contributed by atoms with E-state index in [9.17, 15) is 10.1 Å². The van der Waals surface area contributed by atoms with Gasteiger partial charge in [-0.25, -0.2) is 13.6 Å². The van der Waals surface area contributed by atoms with Crippen molar-refractivity contribution in [3.8, 4) is 0 Å². The van der Waals surface area contributed by atoms with E-state index in [0.717, 1.165) is 29.8 Å². The van der Waals surface area contributed by atoms with E-state index in [1.54, 1.807) is 12.1 Å². The molecular weight excluding hydrogens is 330 g/mol. The van der Waals surface area contributed by atoms with E-state index >= 15 is 0 Å². The van der Waals surface area contributed by atoms with Crippen molar-refractivity contribution in [2.24, 2.45) is 5.14 Å². The molecule has 0 spiro atoms. The lowest BCUT2D eigenvalue weighted by atomic mass is 10.1. The Labute approximate surface area is 145 Å². The van der Waals surface area contributed by atoms with Gasteiger partial charge in [0.25, 0.3) is 5.69 Å². The number of nitrogens with one attached hydrogen (secondary N) is 1. The van der Waals surface area contributed by atoms with Gasteiger partial charge in [0.1, 0.15) is 0 Å². The predicted octanol–water partition coefficient (Wildman–Crippen LogP) is 3.46. The highest BCUT2D eigenvalue weighted by molar-refractivity contribution is 7.69. The molecule has 0 fully saturated rings. The largest absolute Gasteiger partial charge is 0.385 e. The maximum atomic E-state index is 10.8.